The molecule has 2 aliphatic carbocycles. The number of rotatable bonds is 7. The minimum Gasteiger partial charge on any atom is -0.478 e. The van der Waals surface area contributed by atoms with E-state index in [2.05, 4.69) is 45.5 Å². The molecule has 4 aromatic carbocycles. The van der Waals surface area contributed by atoms with Crippen LogP contribution in [0.2, 0.25) is 0 Å². The third kappa shape index (κ3) is 8.97. The van der Waals surface area contributed by atoms with Gasteiger partial charge in [-0.2, -0.15) is 0 Å². The third-order valence-corrected chi connectivity index (χ3v) is 16.7. The topological polar surface area (TPSA) is 140 Å². The molecule has 2 aromatic heterocycles. The number of amides is 2. The molecule has 0 unspecified atom stereocenters. The summed E-state index contributed by atoms with van der Waals surface area (Å²) in [5.74, 6) is -0.474. The highest BCUT2D eigenvalue weighted by atomic mass is 16.5. The minimum atomic E-state index is -0.923. The summed E-state index contributed by atoms with van der Waals surface area (Å²) >= 11 is 0. The molecule has 2 saturated carbocycles. The molecule has 376 valence electrons. The number of fused-ring (bicyclic) bond motifs is 10. The molecule has 12 nitrogen and oxygen atoms in total. The van der Waals surface area contributed by atoms with Gasteiger partial charge in [0.15, 0.2) is 0 Å². The Hall–Kier alpha value is -7.21. The van der Waals surface area contributed by atoms with Crippen molar-refractivity contribution < 1.29 is 38.6 Å². The Bertz CT molecular complexity index is 3240. The fraction of sp³-hybridized carbons (Fsp3) is 0.393. The predicted octanol–water partition coefficient (Wildman–Crippen LogP) is 11.8. The lowest BCUT2D eigenvalue weighted by molar-refractivity contribution is -0.133. The number of benzene rings is 4. The molecule has 12 rings (SSSR count). The first-order valence-corrected chi connectivity index (χ1v) is 26.5. The van der Waals surface area contributed by atoms with E-state index in [4.69, 9.17) is 9.47 Å². The van der Waals surface area contributed by atoms with Crippen LogP contribution in [-0.4, -0.2) is 93.7 Å². The smallest absolute Gasteiger partial charge is 0.337 e. The Balaban J connectivity index is 0.000000165. The molecule has 12 heteroatoms. The fourth-order valence-corrected chi connectivity index (χ4v) is 13.1. The van der Waals surface area contributed by atoms with Crippen LogP contribution >= 0.6 is 0 Å². The Labute approximate surface area is 426 Å². The van der Waals surface area contributed by atoms with Gasteiger partial charge in [0, 0.05) is 70.6 Å². The van der Waals surface area contributed by atoms with Gasteiger partial charge in [-0.25, -0.2) is 14.4 Å². The molecule has 6 aliphatic rings. The number of carbonyl (C=O) groups excluding carboxylic acids is 4. The van der Waals surface area contributed by atoms with E-state index in [1.165, 1.54) is 75.0 Å². The molecule has 4 fully saturated rings. The van der Waals surface area contributed by atoms with E-state index in [0.717, 1.165) is 101 Å². The molecule has 73 heavy (non-hydrogen) atoms. The number of hydrogen-bond donors (Lipinski definition) is 1. The van der Waals surface area contributed by atoms with Gasteiger partial charge in [-0.1, -0.05) is 99.2 Å². The van der Waals surface area contributed by atoms with Crippen molar-refractivity contribution in [3.05, 3.63) is 129 Å². The highest BCUT2D eigenvalue weighted by Crippen LogP contribution is 2.48. The Morgan fingerprint density at radius 3 is 1.51 bits per heavy atom. The number of carboxylic acid groups (broad SMARTS) is 1. The largest absolute Gasteiger partial charge is 0.478 e. The van der Waals surface area contributed by atoms with Gasteiger partial charge in [0.2, 0.25) is 5.91 Å². The maximum Gasteiger partial charge on any atom is 0.337 e. The van der Waals surface area contributed by atoms with Crippen LogP contribution < -0.4 is 0 Å². The summed E-state index contributed by atoms with van der Waals surface area (Å²) in [7, 11) is 2.79. The number of carboxylic acids is 1. The van der Waals surface area contributed by atoms with Gasteiger partial charge < -0.3 is 33.5 Å². The standard InChI is InChI=1S/C35H39N3O4.C26H25NO4/c1-42-35(41)25-13-14-29-30(21-25)38-22-26(34(40)36-18-15-27(16-19-36)37-17-7-12-31(37)39)20-24-10-5-6-11-28(24)33(38)32(29)23-8-3-2-4-9-23;1-31-26(30)18-11-12-21-22(14-18)27-15-19(25(28)29)13-17-9-5-6-10-20(17)24(27)23(21)16-7-3-2-4-8-16/h5-6,10-11,13-14,20-21,23,27H,2-4,7-9,12,15-19,22H2,1H3;5-6,9-14,16H,2-4,7-8,15H2,1H3,(H,28,29). The Kier molecular flexibility index (Phi) is 13.4. The molecule has 6 aromatic rings. The van der Waals surface area contributed by atoms with Gasteiger partial charge in [0.05, 0.1) is 55.4 Å². The van der Waals surface area contributed by atoms with Crippen LogP contribution in [0.1, 0.15) is 145 Å². The van der Waals surface area contributed by atoms with Crippen LogP contribution in [0, 0.1) is 0 Å². The molecule has 2 amide bonds. The Morgan fingerprint density at radius 2 is 1.04 bits per heavy atom. The summed E-state index contributed by atoms with van der Waals surface area (Å²) in [6.45, 7) is 2.87. The van der Waals surface area contributed by atoms with Crippen LogP contribution in [0.3, 0.4) is 0 Å². The van der Waals surface area contributed by atoms with Gasteiger partial charge in [-0.05, 0) is 115 Å². The summed E-state index contributed by atoms with van der Waals surface area (Å²) < 4.78 is 14.4. The number of carbonyl (C=O) groups is 5. The number of nitrogens with zero attached hydrogens (tertiary/aromatic N) is 4. The van der Waals surface area contributed by atoms with Crippen molar-refractivity contribution in [3.8, 4) is 22.5 Å². The van der Waals surface area contributed by atoms with Gasteiger partial charge in [-0.15, -0.1) is 0 Å². The monoisotopic (exact) mass is 980 g/mol. The molecule has 0 spiro atoms. The Morgan fingerprint density at radius 1 is 0.562 bits per heavy atom. The minimum absolute atomic E-state index is 0.0639. The van der Waals surface area contributed by atoms with Crippen molar-refractivity contribution in [2.75, 3.05) is 33.9 Å². The lowest BCUT2D eigenvalue weighted by atomic mass is 9.81. The summed E-state index contributed by atoms with van der Waals surface area (Å²) in [6.07, 6.45) is 19.1. The number of aliphatic carboxylic acids is 1. The SMILES string of the molecule is COC(=O)c1ccc2c(C3CCCCC3)c3n(c2c1)CC(C(=O)N1CCC(N2CCCC2=O)CC1)=Cc1ccccc1-3.COC(=O)c1ccc2c(C3CCCCC3)c3n(c2c1)CC(C(=O)O)=Cc1ccccc1-3. The van der Waals surface area contributed by atoms with Crippen LogP contribution in [0.4, 0.5) is 0 Å². The summed E-state index contributed by atoms with van der Waals surface area (Å²) in [5, 5.41) is 12.1. The number of likely N-dealkylation sites (tertiary alicyclic amines) is 2. The number of methoxy groups -OCH3 is 2. The zero-order chi connectivity index (χ0) is 50.3. The van der Waals surface area contributed by atoms with Crippen molar-refractivity contribution in [1.82, 2.24) is 18.9 Å². The molecular weight excluding hydrogens is 917 g/mol. The van der Waals surface area contributed by atoms with E-state index in [0.29, 0.717) is 54.6 Å². The van der Waals surface area contributed by atoms with Crippen LogP contribution in [0.15, 0.2) is 96.1 Å². The lowest BCUT2D eigenvalue weighted by Crippen LogP contribution is -2.47. The normalized spacial score (nSPS) is 18.3. The average molecular weight is 981 g/mol. The third-order valence-electron chi connectivity index (χ3n) is 16.7. The van der Waals surface area contributed by atoms with E-state index in [-0.39, 0.29) is 36.3 Å². The second-order valence-corrected chi connectivity index (χ2v) is 20.8. The average Bonchev–Trinajstić information content (AvgIpc) is 4.02. The molecule has 2 saturated heterocycles. The molecule has 4 aliphatic heterocycles. The first kappa shape index (κ1) is 48.1. The fourth-order valence-electron chi connectivity index (χ4n) is 13.1. The van der Waals surface area contributed by atoms with Crippen molar-refractivity contribution in [2.24, 2.45) is 0 Å². The maximum absolute atomic E-state index is 14.2. The van der Waals surface area contributed by atoms with Crippen LogP contribution in [0.25, 0.3) is 56.5 Å². The van der Waals surface area contributed by atoms with Gasteiger partial charge in [-0.3, -0.25) is 9.59 Å². The van der Waals surface area contributed by atoms with Crippen molar-refractivity contribution >= 4 is 63.7 Å². The van der Waals surface area contributed by atoms with E-state index >= 15 is 0 Å². The van der Waals surface area contributed by atoms with Crippen molar-refractivity contribution in [1.29, 1.82) is 0 Å². The van der Waals surface area contributed by atoms with E-state index < -0.39 is 5.97 Å². The molecule has 0 radical (unpaired) electrons. The van der Waals surface area contributed by atoms with E-state index in [1.807, 2.05) is 64.4 Å². The summed E-state index contributed by atoms with van der Waals surface area (Å²) in [5.41, 5.74) is 13.1. The first-order chi connectivity index (χ1) is 35.6. The van der Waals surface area contributed by atoms with Crippen LogP contribution in [-0.2, 0) is 36.9 Å². The second kappa shape index (κ2) is 20.4. The van der Waals surface area contributed by atoms with Gasteiger partial charge >= 0.3 is 17.9 Å². The highest BCUT2D eigenvalue weighted by molar-refractivity contribution is 6.05. The van der Waals surface area contributed by atoms with Crippen LogP contribution in [0.5, 0.6) is 0 Å². The summed E-state index contributed by atoms with van der Waals surface area (Å²) in [6, 6.07) is 28.3. The first-order valence-electron chi connectivity index (χ1n) is 26.5. The molecule has 1 N–H and O–H groups in total. The highest BCUT2D eigenvalue weighted by Gasteiger charge is 2.36. The number of ether oxygens (including phenoxy) is 2. The number of esters is 2. The summed E-state index contributed by atoms with van der Waals surface area (Å²) in [4.78, 5) is 67.4. The molecule has 0 bridgehead atoms. The predicted molar refractivity (Wildman–Crippen MR) is 283 cm³/mol. The van der Waals surface area contributed by atoms with Gasteiger partial charge in [0.1, 0.15) is 0 Å². The number of aromatic nitrogens is 2. The van der Waals surface area contributed by atoms with E-state index in [9.17, 15) is 29.1 Å². The zero-order valence-corrected chi connectivity index (χ0v) is 42.0. The molecule has 6 heterocycles. The maximum atomic E-state index is 14.2. The van der Waals surface area contributed by atoms with Crippen molar-refractivity contribution in [2.45, 2.75) is 121 Å². The molecule has 0 atom stereocenters. The second-order valence-electron chi connectivity index (χ2n) is 20.8. The number of hydrogen-bond acceptors (Lipinski definition) is 7. The molecular formula is C61H64N4O8. The van der Waals surface area contributed by atoms with E-state index in [1.54, 1.807) is 6.08 Å². The van der Waals surface area contributed by atoms with Crippen molar-refractivity contribution in [3.63, 3.8) is 0 Å². The number of piperidine rings is 1. The zero-order valence-electron chi connectivity index (χ0n) is 42.0. The van der Waals surface area contributed by atoms with Gasteiger partial charge in [0.25, 0.3) is 5.91 Å². The lowest BCUT2D eigenvalue weighted by Gasteiger charge is -2.37. The quantitative estimate of drug-likeness (QED) is 0.156.